The van der Waals surface area contributed by atoms with Crippen LogP contribution in [0.4, 0.5) is 11.4 Å². The van der Waals surface area contributed by atoms with Crippen molar-refractivity contribution in [1.82, 2.24) is 9.61 Å². The summed E-state index contributed by atoms with van der Waals surface area (Å²) < 4.78 is 2.70. The van der Waals surface area contributed by atoms with Gasteiger partial charge in [-0.05, 0) is 52.4 Å². The third-order valence-corrected chi connectivity index (χ3v) is 6.73. The second-order valence-corrected chi connectivity index (χ2v) is 9.58. The molecule has 0 spiro atoms. The van der Waals surface area contributed by atoms with Gasteiger partial charge >= 0.3 is 0 Å². The van der Waals surface area contributed by atoms with Crippen LogP contribution in [0.2, 0.25) is 5.02 Å². The van der Waals surface area contributed by atoms with E-state index in [4.69, 9.17) is 23.1 Å². The normalized spacial score (nSPS) is 21.3. The molecule has 0 saturated heterocycles. The summed E-state index contributed by atoms with van der Waals surface area (Å²) >= 11 is 9.74. The highest BCUT2D eigenvalue weighted by Gasteiger charge is 2.41. The zero-order valence-electron chi connectivity index (χ0n) is 16.7. The minimum atomic E-state index is -0.0759. The summed E-state index contributed by atoms with van der Waals surface area (Å²) in [5, 5.41) is 18.1. The fourth-order valence-electron chi connectivity index (χ4n) is 3.93. The number of fused-ring (bicyclic) bond motifs is 1. The van der Waals surface area contributed by atoms with Crippen LogP contribution in [0.25, 0.3) is 5.52 Å². The topological polar surface area (TPSA) is 114 Å². The van der Waals surface area contributed by atoms with Crippen molar-refractivity contribution in [2.24, 2.45) is 21.9 Å². The first-order valence-corrected chi connectivity index (χ1v) is 10.9. The van der Waals surface area contributed by atoms with Crippen LogP contribution in [0.15, 0.2) is 46.1 Å². The lowest BCUT2D eigenvalue weighted by molar-refractivity contribution is 0.308. The monoisotopic (exact) mass is 490 g/mol. The Hall–Kier alpha value is -2.29. The van der Waals surface area contributed by atoms with E-state index in [0.29, 0.717) is 16.3 Å². The molecule has 2 unspecified atom stereocenters. The lowest BCUT2D eigenvalue weighted by Crippen LogP contribution is -2.42. The quantitative estimate of drug-likeness (QED) is 0.319. The van der Waals surface area contributed by atoms with Crippen LogP contribution >= 0.6 is 27.5 Å². The number of benzene rings is 1. The summed E-state index contributed by atoms with van der Waals surface area (Å²) in [4.78, 5) is 4.50. The van der Waals surface area contributed by atoms with E-state index in [-0.39, 0.29) is 29.1 Å². The molecule has 1 saturated carbocycles. The van der Waals surface area contributed by atoms with Crippen molar-refractivity contribution in [3.05, 3.63) is 51.7 Å². The van der Waals surface area contributed by atoms with E-state index in [1.54, 1.807) is 16.8 Å². The van der Waals surface area contributed by atoms with Gasteiger partial charge in [0.2, 0.25) is 0 Å². The third-order valence-electron chi connectivity index (χ3n) is 5.99. The van der Waals surface area contributed by atoms with Gasteiger partial charge < -0.3 is 21.9 Å². The Morgan fingerprint density at radius 3 is 2.80 bits per heavy atom. The van der Waals surface area contributed by atoms with Crippen molar-refractivity contribution in [3.8, 4) is 5.75 Å². The summed E-state index contributed by atoms with van der Waals surface area (Å²) in [6, 6.07) is 6.86. The molecule has 7 nitrogen and oxygen atoms in total. The van der Waals surface area contributed by atoms with E-state index < -0.39 is 0 Å². The maximum Gasteiger partial charge on any atom is 0.135 e. The van der Waals surface area contributed by atoms with Crippen molar-refractivity contribution in [1.29, 1.82) is 0 Å². The van der Waals surface area contributed by atoms with Crippen molar-refractivity contribution in [2.75, 3.05) is 5.32 Å². The molecule has 1 aliphatic carbocycles. The van der Waals surface area contributed by atoms with Crippen molar-refractivity contribution >= 4 is 50.3 Å². The summed E-state index contributed by atoms with van der Waals surface area (Å²) in [5.74, 6) is 0.346. The molecule has 0 radical (unpaired) electrons. The first kappa shape index (κ1) is 21.0. The van der Waals surface area contributed by atoms with Gasteiger partial charge in [0.05, 0.1) is 33.7 Å². The van der Waals surface area contributed by atoms with Gasteiger partial charge in [0, 0.05) is 28.8 Å². The predicted octanol–water partition coefficient (Wildman–Crippen LogP) is 4.42. The SMILES string of the molecule is CC1(C)C(N)CCC1Nc1c(C(N)=Nc2ccc(O)cc2Cl)cnn2cc(Br)cc12. The first-order chi connectivity index (χ1) is 14.2. The molecule has 9 heteroatoms. The Balaban J connectivity index is 1.81. The number of phenols is 1. The molecular formula is C21H24BrClN6O. The van der Waals surface area contributed by atoms with Gasteiger partial charge in [0.15, 0.2) is 0 Å². The molecule has 4 rings (SSSR count). The molecule has 2 heterocycles. The molecule has 1 aliphatic rings. The average molecular weight is 492 g/mol. The summed E-state index contributed by atoms with van der Waals surface area (Å²) in [5.41, 5.74) is 15.6. The third kappa shape index (κ3) is 3.75. The molecule has 2 aromatic heterocycles. The van der Waals surface area contributed by atoms with Gasteiger partial charge in [-0.2, -0.15) is 5.10 Å². The molecule has 30 heavy (non-hydrogen) atoms. The number of halogens is 2. The molecule has 3 aromatic rings. The fourth-order valence-corrected chi connectivity index (χ4v) is 4.56. The number of aliphatic imine (C=N–C) groups is 1. The molecule has 1 fully saturated rings. The zero-order chi connectivity index (χ0) is 21.6. The van der Waals surface area contributed by atoms with Crippen LogP contribution in [-0.4, -0.2) is 32.6 Å². The van der Waals surface area contributed by atoms with E-state index in [2.05, 4.69) is 45.2 Å². The van der Waals surface area contributed by atoms with Crippen LogP contribution in [0.5, 0.6) is 5.75 Å². The molecule has 0 aliphatic heterocycles. The van der Waals surface area contributed by atoms with Gasteiger partial charge in [-0.3, -0.25) is 0 Å². The lowest BCUT2D eigenvalue weighted by Gasteiger charge is -2.32. The minimum absolute atomic E-state index is 0.0702. The van der Waals surface area contributed by atoms with Gasteiger partial charge in [-0.15, -0.1) is 0 Å². The van der Waals surface area contributed by atoms with Gasteiger partial charge in [0.1, 0.15) is 11.6 Å². The highest BCUT2D eigenvalue weighted by Crippen LogP contribution is 2.40. The van der Waals surface area contributed by atoms with Gasteiger partial charge in [-0.1, -0.05) is 25.4 Å². The van der Waals surface area contributed by atoms with Gasteiger partial charge in [0.25, 0.3) is 0 Å². The minimum Gasteiger partial charge on any atom is -0.508 e. The Morgan fingerprint density at radius 1 is 1.37 bits per heavy atom. The Kier molecular flexibility index (Phi) is 5.42. The molecule has 0 amide bonds. The first-order valence-electron chi connectivity index (χ1n) is 9.69. The summed E-state index contributed by atoms with van der Waals surface area (Å²) in [6.45, 7) is 4.37. The average Bonchev–Trinajstić information content (AvgIpc) is 3.17. The molecule has 1 aromatic carbocycles. The maximum atomic E-state index is 9.58. The van der Waals surface area contributed by atoms with Crippen LogP contribution in [0, 0.1) is 5.41 Å². The number of aromatic nitrogens is 2. The Bertz CT molecular complexity index is 1140. The van der Waals surface area contributed by atoms with E-state index in [9.17, 15) is 5.11 Å². The van der Waals surface area contributed by atoms with Crippen LogP contribution in [0.1, 0.15) is 32.3 Å². The molecule has 6 N–H and O–H groups in total. The number of aromatic hydroxyl groups is 1. The lowest BCUT2D eigenvalue weighted by atomic mass is 9.84. The number of phenolic OH excluding ortho intramolecular Hbond substituents is 1. The maximum absolute atomic E-state index is 9.58. The van der Waals surface area contributed by atoms with Crippen molar-refractivity contribution in [2.45, 2.75) is 38.8 Å². The molecule has 2 atom stereocenters. The number of nitrogens with one attached hydrogen (secondary N) is 1. The smallest absolute Gasteiger partial charge is 0.135 e. The Morgan fingerprint density at radius 2 is 2.13 bits per heavy atom. The van der Waals surface area contributed by atoms with E-state index in [1.165, 1.54) is 12.1 Å². The number of anilines is 1. The highest BCUT2D eigenvalue weighted by atomic mass is 79.9. The van der Waals surface area contributed by atoms with Crippen LogP contribution < -0.4 is 16.8 Å². The second-order valence-electron chi connectivity index (χ2n) is 8.26. The second kappa shape index (κ2) is 7.76. The molecule has 0 bridgehead atoms. The number of rotatable bonds is 4. The van der Waals surface area contributed by atoms with Crippen LogP contribution in [0.3, 0.4) is 0 Å². The number of hydrogen-bond acceptors (Lipinski definition) is 5. The number of hydrogen-bond donors (Lipinski definition) is 4. The predicted molar refractivity (Wildman–Crippen MR) is 125 cm³/mol. The van der Waals surface area contributed by atoms with E-state index >= 15 is 0 Å². The number of nitrogens with zero attached hydrogens (tertiary/aromatic N) is 3. The number of nitrogens with two attached hydrogens (primary N) is 2. The zero-order valence-corrected chi connectivity index (χ0v) is 19.1. The molecule has 158 valence electrons. The molecular weight excluding hydrogens is 468 g/mol. The number of amidine groups is 1. The Labute approximate surface area is 188 Å². The van der Waals surface area contributed by atoms with Gasteiger partial charge in [-0.25, -0.2) is 9.51 Å². The van der Waals surface area contributed by atoms with Crippen molar-refractivity contribution < 1.29 is 5.11 Å². The highest BCUT2D eigenvalue weighted by molar-refractivity contribution is 9.10. The fraction of sp³-hybridized carbons (Fsp3) is 0.333. The summed E-state index contributed by atoms with van der Waals surface area (Å²) in [6.07, 6.45) is 5.50. The van der Waals surface area contributed by atoms with E-state index in [0.717, 1.165) is 28.5 Å². The van der Waals surface area contributed by atoms with E-state index in [1.807, 2.05) is 12.3 Å². The van der Waals surface area contributed by atoms with Crippen LogP contribution in [-0.2, 0) is 0 Å². The van der Waals surface area contributed by atoms with Crippen molar-refractivity contribution in [3.63, 3.8) is 0 Å². The standard InChI is InChI=1S/C21H24BrClN6O/c1-21(2)17(24)5-6-18(21)28-19-13(9-26-29-10-11(22)7-16(19)29)20(25)27-15-4-3-12(30)8-14(15)23/h3-4,7-10,17-18,28,30H,5-6,24H2,1-2H3,(H2,25,27). The summed E-state index contributed by atoms with van der Waals surface area (Å²) in [7, 11) is 0. The largest absolute Gasteiger partial charge is 0.508 e.